The fourth-order valence-corrected chi connectivity index (χ4v) is 2.26. The fraction of sp³-hybridized carbons (Fsp3) is 0.625. The van der Waals surface area contributed by atoms with Crippen molar-refractivity contribution in [3.63, 3.8) is 0 Å². The first-order chi connectivity index (χ1) is 9.08. The van der Waals surface area contributed by atoms with Crippen molar-refractivity contribution in [2.45, 2.75) is 46.1 Å². The Morgan fingerprint density at radius 3 is 2.53 bits per heavy atom. The van der Waals surface area contributed by atoms with Crippen molar-refractivity contribution in [1.29, 1.82) is 0 Å². The van der Waals surface area contributed by atoms with E-state index in [1.807, 2.05) is 12.1 Å². The van der Waals surface area contributed by atoms with E-state index in [1.54, 1.807) is 7.11 Å². The third-order valence-electron chi connectivity index (χ3n) is 3.31. The van der Waals surface area contributed by atoms with Crippen LogP contribution in [0.5, 0.6) is 5.75 Å². The predicted molar refractivity (Wildman–Crippen MR) is 78.1 cm³/mol. The molecule has 3 heteroatoms. The molecule has 1 unspecified atom stereocenters. The van der Waals surface area contributed by atoms with Crippen LogP contribution in [0.3, 0.4) is 0 Å². The van der Waals surface area contributed by atoms with Gasteiger partial charge in [-0.3, -0.25) is 0 Å². The Morgan fingerprint density at radius 2 is 2.00 bits per heavy atom. The summed E-state index contributed by atoms with van der Waals surface area (Å²) >= 11 is 0. The van der Waals surface area contributed by atoms with Crippen LogP contribution in [0.1, 0.15) is 51.6 Å². The molecule has 2 nitrogen and oxygen atoms in total. The maximum Gasteiger partial charge on any atom is 0.131 e. The average molecular weight is 267 g/mol. The summed E-state index contributed by atoms with van der Waals surface area (Å²) in [6.07, 6.45) is 3.26. The van der Waals surface area contributed by atoms with Gasteiger partial charge in [0.25, 0.3) is 0 Å². The van der Waals surface area contributed by atoms with Crippen molar-refractivity contribution in [2.75, 3.05) is 13.7 Å². The number of benzene rings is 1. The molecule has 0 aromatic heterocycles. The lowest BCUT2D eigenvalue weighted by atomic mass is 9.97. The Kier molecular flexibility index (Phi) is 6.85. The number of methoxy groups -OCH3 is 1. The Balaban J connectivity index is 2.74. The minimum Gasteiger partial charge on any atom is -0.497 e. The molecule has 19 heavy (non-hydrogen) atoms. The standard InChI is InChI=1S/C16H26FNO/c1-5-18-16(8-6-7-12(2)3)14-10-9-13(19-4)11-15(14)17/h9-12,16,18H,5-8H2,1-4H3. The molecular formula is C16H26FNO. The quantitative estimate of drug-likeness (QED) is 0.757. The van der Waals surface area contributed by atoms with Crippen LogP contribution in [0.4, 0.5) is 4.39 Å². The molecule has 0 bridgehead atoms. The van der Waals surface area contributed by atoms with Gasteiger partial charge in [-0.1, -0.05) is 39.7 Å². The lowest BCUT2D eigenvalue weighted by Gasteiger charge is -2.20. The van der Waals surface area contributed by atoms with Gasteiger partial charge in [0.15, 0.2) is 0 Å². The van der Waals surface area contributed by atoms with Crippen LogP contribution in [0, 0.1) is 11.7 Å². The van der Waals surface area contributed by atoms with Gasteiger partial charge in [0.05, 0.1) is 7.11 Å². The molecule has 0 heterocycles. The van der Waals surface area contributed by atoms with Crippen LogP contribution in [0.25, 0.3) is 0 Å². The van der Waals surface area contributed by atoms with Crippen molar-refractivity contribution in [3.05, 3.63) is 29.6 Å². The van der Waals surface area contributed by atoms with Gasteiger partial charge in [-0.2, -0.15) is 0 Å². The second-order valence-corrected chi connectivity index (χ2v) is 5.32. The molecular weight excluding hydrogens is 241 g/mol. The Bertz CT molecular complexity index is 379. The van der Waals surface area contributed by atoms with Gasteiger partial charge in [-0.25, -0.2) is 4.39 Å². The monoisotopic (exact) mass is 267 g/mol. The largest absolute Gasteiger partial charge is 0.497 e. The second-order valence-electron chi connectivity index (χ2n) is 5.32. The molecule has 0 amide bonds. The summed E-state index contributed by atoms with van der Waals surface area (Å²) in [5.41, 5.74) is 0.742. The molecule has 0 saturated carbocycles. The van der Waals surface area contributed by atoms with E-state index in [9.17, 15) is 4.39 Å². The first-order valence-electron chi connectivity index (χ1n) is 7.15. The van der Waals surface area contributed by atoms with Gasteiger partial charge in [0.2, 0.25) is 0 Å². The van der Waals surface area contributed by atoms with Crippen molar-refractivity contribution in [3.8, 4) is 5.75 Å². The van der Waals surface area contributed by atoms with E-state index >= 15 is 0 Å². The van der Waals surface area contributed by atoms with Gasteiger partial charge in [0.1, 0.15) is 11.6 Å². The summed E-state index contributed by atoms with van der Waals surface area (Å²) in [5.74, 6) is 1.08. The summed E-state index contributed by atoms with van der Waals surface area (Å²) in [6.45, 7) is 7.33. The minimum atomic E-state index is -0.185. The van der Waals surface area contributed by atoms with Crippen LogP contribution in [0.2, 0.25) is 0 Å². The van der Waals surface area contributed by atoms with Crippen LogP contribution < -0.4 is 10.1 Å². The predicted octanol–water partition coefficient (Wildman–Crippen LogP) is 4.31. The van der Waals surface area contributed by atoms with Crippen molar-refractivity contribution in [2.24, 2.45) is 5.92 Å². The first kappa shape index (κ1) is 16.0. The molecule has 1 aromatic carbocycles. The fourth-order valence-electron chi connectivity index (χ4n) is 2.26. The highest BCUT2D eigenvalue weighted by atomic mass is 19.1. The van der Waals surface area contributed by atoms with Crippen molar-refractivity contribution in [1.82, 2.24) is 5.32 Å². The summed E-state index contributed by atoms with van der Waals surface area (Å²) in [5, 5.41) is 3.37. The normalized spacial score (nSPS) is 12.7. The molecule has 0 aliphatic carbocycles. The molecule has 0 radical (unpaired) electrons. The zero-order valence-electron chi connectivity index (χ0n) is 12.5. The van der Waals surface area contributed by atoms with E-state index in [0.717, 1.165) is 24.9 Å². The van der Waals surface area contributed by atoms with E-state index in [2.05, 4.69) is 26.1 Å². The summed E-state index contributed by atoms with van der Waals surface area (Å²) in [7, 11) is 1.55. The lowest BCUT2D eigenvalue weighted by Crippen LogP contribution is -2.22. The van der Waals surface area contributed by atoms with E-state index in [1.165, 1.54) is 12.5 Å². The van der Waals surface area contributed by atoms with Crippen molar-refractivity contribution < 1.29 is 9.13 Å². The summed E-state index contributed by atoms with van der Waals surface area (Å²) < 4.78 is 19.1. The van der Waals surface area contributed by atoms with Crippen molar-refractivity contribution >= 4 is 0 Å². The van der Waals surface area contributed by atoms with Gasteiger partial charge >= 0.3 is 0 Å². The molecule has 0 fully saturated rings. The number of hydrogen-bond acceptors (Lipinski definition) is 2. The number of nitrogens with one attached hydrogen (secondary N) is 1. The van der Waals surface area contributed by atoms with Crippen LogP contribution in [-0.2, 0) is 0 Å². The van der Waals surface area contributed by atoms with E-state index in [4.69, 9.17) is 4.74 Å². The average Bonchev–Trinajstić information content (AvgIpc) is 2.37. The first-order valence-corrected chi connectivity index (χ1v) is 7.15. The number of rotatable bonds is 8. The number of ether oxygens (including phenoxy) is 1. The van der Waals surface area contributed by atoms with Gasteiger partial charge < -0.3 is 10.1 Å². The Morgan fingerprint density at radius 1 is 1.26 bits per heavy atom. The van der Waals surface area contributed by atoms with Gasteiger partial charge in [-0.05, 0) is 24.9 Å². The molecule has 108 valence electrons. The van der Waals surface area contributed by atoms with Gasteiger partial charge in [-0.15, -0.1) is 0 Å². The molecule has 1 rings (SSSR count). The second kappa shape index (κ2) is 8.16. The highest BCUT2D eigenvalue weighted by molar-refractivity contribution is 5.30. The van der Waals surface area contributed by atoms with Crippen LogP contribution >= 0.6 is 0 Å². The van der Waals surface area contributed by atoms with Crippen LogP contribution in [-0.4, -0.2) is 13.7 Å². The smallest absolute Gasteiger partial charge is 0.131 e. The third-order valence-corrected chi connectivity index (χ3v) is 3.31. The minimum absolute atomic E-state index is 0.0923. The van der Waals surface area contributed by atoms with E-state index in [0.29, 0.717) is 11.7 Å². The molecule has 0 spiro atoms. The van der Waals surface area contributed by atoms with Gasteiger partial charge in [0, 0.05) is 17.7 Å². The SMILES string of the molecule is CCNC(CCCC(C)C)c1ccc(OC)cc1F. The lowest BCUT2D eigenvalue weighted by molar-refractivity contribution is 0.406. The maximum atomic E-state index is 14.1. The molecule has 1 atom stereocenters. The van der Waals surface area contributed by atoms with Crippen LogP contribution in [0.15, 0.2) is 18.2 Å². The highest BCUT2D eigenvalue weighted by Gasteiger charge is 2.15. The van der Waals surface area contributed by atoms with E-state index < -0.39 is 0 Å². The zero-order valence-corrected chi connectivity index (χ0v) is 12.5. The summed E-state index contributed by atoms with van der Waals surface area (Å²) in [4.78, 5) is 0. The molecule has 1 N–H and O–H groups in total. The molecule has 0 aliphatic rings. The zero-order chi connectivity index (χ0) is 14.3. The van der Waals surface area contributed by atoms with E-state index in [-0.39, 0.29) is 11.9 Å². The Hall–Kier alpha value is -1.09. The highest BCUT2D eigenvalue weighted by Crippen LogP contribution is 2.26. The molecule has 0 aliphatic heterocycles. The molecule has 0 saturated heterocycles. The Labute approximate surface area is 116 Å². The number of halogens is 1. The number of hydrogen-bond donors (Lipinski definition) is 1. The summed E-state index contributed by atoms with van der Waals surface area (Å²) in [6, 6.07) is 5.21. The third kappa shape index (κ3) is 5.19. The maximum absolute atomic E-state index is 14.1. The topological polar surface area (TPSA) is 21.3 Å². The molecule has 1 aromatic rings.